The molecule has 3 rings (SSSR count). The maximum Gasteiger partial charge on any atom is 0.226 e. The predicted molar refractivity (Wildman–Crippen MR) is 107 cm³/mol. The van der Waals surface area contributed by atoms with E-state index in [1.165, 1.54) is 5.69 Å². The van der Waals surface area contributed by atoms with Crippen molar-refractivity contribution >= 4 is 17.4 Å². The molecule has 27 heavy (non-hydrogen) atoms. The van der Waals surface area contributed by atoms with Gasteiger partial charge < -0.3 is 14.7 Å². The smallest absolute Gasteiger partial charge is 0.226 e. The Bertz CT molecular complexity index is 820. The Labute approximate surface area is 161 Å². The van der Waals surface area contributed by atoms with Gasteiger partial charge in [-0.25, -0.2) is 4.98 Å². The van der Waals surface area contributed by atoms with Gasteiger partial charge in [0.05, 0.1) is 17.1 Å². The molecule has 0 spiro atoms. The molecule has 1 N–H and O–H groups in total. The predicted octanol–water partition coefficient (Wildman–Crippen LogP) is 4.06. The first kappa shape index (κ1) is 19.4. The molecule has 6 nitrogen and oxygen atoms in total. The van der Waals surface area contributed by atoms with E-state index >= 15 is 0 Å². The van der Waals surface area contributed by atoms with Crippen LogP contribution in [0.15, 0.2) is 16.7 Å². The van der Waals surface area contributed by atoms with Crippen molar-refractivity contribution in [2.45, 2.75) is 60.3 Å². The minimum Gasteiger partial charge on any atom is -0.370 e. The summed E-state index contributed by atoms with van der Waals surface area (Å²) in [6.45, 7) is 12.0. The molecule has 0 radical (unpaired) electrons. The Balaban J connectivity index is 1.72. The highest BCUT2D eigenvalue weighted by molar-refractivity contribution is 5.91. The minimum absolute atomic E-state index is 0.0198. The van der Waals surface area contributed by atoms with Crippen molar-refractivity contribution in [2.75, 3.05) is 23.3 Å². The number of amides is 1. The van der Waals surface area contributed by atoms with E-state index in [1.54, 1.807) is 0 Å². The van der Waals surface area contributed by atoms with Crippen LogP contribution in [0, 0.1) is 19.3 Å². The van der Waals surface area contributed by atoms with Gasteiger partial charge in [-0.3, -0.25) is 4.79 Å². The van der Waals surface area contributed by atoms with Gasteiger partial charge >= 0.3 is 0 Å². The standard InChI is InChI=1S/C21H30N4O2/c1-14-11-18-17(22-20(14)23-19(26)13-21(3,4)5)7-6-9-25(18)10-8-16-12-15(2)24-27-16/h11-12H,6-10,13H2,1-5H3,(H,22,23,26). The zero-order valence-electron chi connectivity index (χ0n) is 17.1. The third-order valence-corrected chi connectivity index (χ3v) is 4.71. The van der Waals surface area contributed by atoms with Crippen molar-refractivity contribution in [2.24, 2.45) is 5.41 Å². The fourth-order valence-corrected chi connectivity index (χ4v) is 3.45. The Morgan fingerprint density at radius 1 is 1.30 bits per heavy atom. The van der Waals surface area contributed by atoms with Crippen LogP contribution >= 0.6 is 0 Å². The summed E-state index contributed by atoms with van der Waals surface area (Å²) in [4.78, 5) is 19.4. The van der Waals surface area contributed by atoms with Crippen molar-refractivity contribution in [1.82, 2.24) is 10.1 Å². The summed E-state index contributed by atoms with van der Waals surface area (Å²) < 4.78 is 5.33. The highest BCUT2D eigenvalue weighted by atomic mass is 16.5. The van der Waals surface area contributed by atoms with Crippen molar-refractivity contribution < 1.29 is 9.32 Å². The lowest BCUT2D eigenvalue weighted by molar-refractivity contribution is -0.117. The molecule has 2 aromatic rings. The topological polar surface area (TPSA) is 71.3 Å². The summed E-state index contributed by atoms with van der Waals surface area (Å²) in [5.41, 5.74) is 4.10. The molecular weight excluding hydrogens is 340 g/mol. The Morgan fingerprint density at radius 3 is 2.74 bits per heavy atom. The molecular formula is C21H30N4O2. The van der Waals surface area contributed by atoms with Crippen molar-refractivity contribution in [1.29, 1.82) is 0 Å². The van der Waals surface area contributed by atoms with Crippen molar-refractivity contribution in [3.63, 3.8) is 0 Å². The number of fused-ring (bicyclic) bond motifs is 1. The monoisotopic (exact) mass is 370 g/mol. The lowest BCUT2D eigenvalue weighted by Gasteiger charge is -2.31. The Hall–Kier alpha value is -2.37. The number of nitrogens with zero attached hydrogens (tertiary/aromatic N) is 3. The van der Waals surface area contributed by atoms with E-state index in [-0.39, 0.29) is 11.3 Å². The normalized spacial score (nSPS) is 14.2. The molecule has 6 heteroatoms. The van der Waals surface area contributed by atoms with E-state index in [2.05, 4.69) is 42.2 Å². The highest BCUT2D eigenvalue weighted by Gasteiger charge is 2.22. The third-order valence-electron chi connectivity index (χ3n) is 4.71. The molecule has 146 valence electrons. The van der Waals surface area contributed by atoms with Gasteiger partial charge in [0.15, 0.2) is 0 Å². The van der Waals surface area contributed by atoms with Crippen LogP contribution in [0.1, 0.15) is 56.3 Å². The number of hydrogen-bond donors (Lipinski definition) is 1. The van der Waals surface area contributed by atoms with E-state index in [4.69, 9.17) is 9.51 Å². The van der Waals surface area contributed by atoms with Crippen LogP contribution < -0.4 is 10.2 Å². The number of nitrogens with one attached hydrogen (secondary N) is 1. The highest BCUT2D eigenvalue weighted by Crippen LogP contribution is 2.30. The quantitative estimate of drug-likeness (QED) is 0.859. The molecule has 0 aliphatic carbocycles. The van der Waals surface area contributed by atoms with E-state index in [9.17, 15) is 4.79 Å². The van der Waals surface area contributed by atoms with Crippen LogP contribution in [0.2, 0.25) is 0 Å². The maximum atomic E-state index is 12.3. The number of aromatic nitrogens is 2. The molecule has 0 fully saturated rings. The van der Waals surface area contributed by atoms with Crippen molar-refractivity contribution in [3.05, 3.63) is 34.8 Å². The first-order chi connectivity index (χ1) is 12.7. The second kappa shape index (κ2) is 7.71. The molecule has 3 heterocycles. The van der Waals surface area contributed by atoms with Crippen LogP contribution in [-0.4, -0.2) is 29.1 Å². The summed E-state index contributed by atoms with van der Waals surface area (Å²) in [5, 5.41) is 6.96. The van der Waals surface area contributed by atoms with Crippen molar-refractivity contribution in [3.8, 4) is 0 Å². The minimum atomic E-state index is -0.0396. The fraction of sp³-hybridized carbons (Fsp3) is 0.571. The summed E-state index contributed by atoms with van der Waals surface area (Å²) in [6.07, 6.45) is 3.31. The molecule has 0 saturated carbocycles. The molecule has 0 atom stereocenters. The summed E-state index contributed by atoms with van der Waals surface area (Å²) in [7, 11) is 0. The molecule has 0 saturated heterocycles. The van der Waals surface area contributed by atoms with E-state index in [0.29, 0.717) is 12.2 Å². The molecule has 1 amide bonds. The van der Waals surface area contributed by atoms with Gasteiger partial charge in [-0.05, 0) is 43.7 Å². The lowest BCUT2D eigenvalue weighted by atomic mass is 9.92. The zero-order valence-corrected chi connectivity index (χ0v) is 17.1. The molecule has 1 aliphatic heterocycles. The van der Waals surface area contributed by atoms with E-state index in [0.717, 1.165) is 55.1 Å². The van der Waals surface area contributed by atoms with Gasteiger partial charge in [0.1, 0.15) is 11.6 Å². The van der Waals surface area contributed by atoms with Gasteiger partial charge in [-0.15, -0.1) is 0 Å². The zero-order chi connectivity index (χ0) is 19.6. The Morgan fingerprint density at radius 2 is 2.07 bits per heavy atom. The number of pyridine rings is 1. The van der Waals surface area contributed by atoms with E-state index in [1.807, 2.05) is 19.9 Å². The number of anilines is 2. The molecule has 0 bridgehead atoms. The molecule has 0 aromatic carbocycles. The van der Waals surface area contributed by atoms with Gasteiger partial charge in [0.25, 0.3) is 0 Å². The second-order valence-corrected chi connectivity index (χ2v) is 8.68. The van der Waals surface area contributed by atoms with Crippen LogP contribution in [-0.2, 0) is 17.6 Å². The lowest BCUT2D eigenvalue weighted by Crippen LogP contribution is -2.32. The molecule has 1 aliphatic rings. The summed E-state index contributed by atoms with van der Waals surface area (Å²) in [6, 6.07) is 4.14. The number of aryl methyl sites for hydroxylation is 3. The van der Waals surface area contributed by atoms with Gasteiger partial charge in [-0.2, -0.15) is 0 Å². The number of carbonyl (C=O) groups is 1. The van der Waals surface area contributed by atoms with Crippen LogP contribution in [0.5, 0.6) is 0 Å². The maximum absolute atomic E-state index is 12.3. The van der Waals surface area contributed by atoms with Gasteiger partial charge in [0, 0.05) is 32.0 Å². The van der Waals surface area contributed by atoms with Gasteiger partial charge in [-0.1, -0.05) is 25.9 Å². The first-order valence-corrected chi connectivity index (χ1v) is 9.69. The number of rotatable bonds is 5. The Kier molecular flexibility index (Phi) is 5.53. The largest absolute Gasteiger partial charge is 0.370 e. The molecule has 2 aromatic heterocycles. The number of carbonyl (C=O) groups excluding carboxylic acids is 1. The number of hydrogen-bond acceptors (Lipinski definition) is 5. The first-order valence-electron chi connectivity index (χ1n) is 9.69. The fourth-order valence-electron chi connectivity index (χ4n) is 3.45. The summed E-state index contributed by atoms with van der Waals surface area (Å²) in [5.74, 6) is 1.62. The van der Waals surface area contributed by atoms with Gasteiger partial charge in [0.2, 0.25) is 5.91 Å². The average molecular weight is 370 g/mol. The SMILES string of the molecule is Cc1cc(CCN2CCCc3nc(NC(=O)CC(C)(C)C)c(C)cc32)on1. The van der Waals surface area contributed by atoms with Crippen LogP contribution in [0.3, 0.4) is 0 Å². The summed E-state index contributed by atoms with van der Waals surface area (Å²) >= 11 is 0. The molecule has 0 unspecified atom stereocenters. The van der Waals surface area contributed by atoms with Crippen LogP contribution in [0.4, 0.5) is 11.5 Å². The van der Waals surface area contributed by atoms with Crippen LogP contribution in [0.25, 0.3) is 0 Å². The van der Waals surface area contributed by atoms with E-state index < -0.39 is 0 Å². The second-order valence-electron chi connectivity index (χ2n) is 8.68. The average Bonchev–Trinajstić information content (AvgIpc) is 2.97. The third kappa shape index (κ3) is 5.08.